The van der Waals surface area contributed by atoms with E-state index in [0.717, 1.165) is 38.5 Å². The van der Waals surface area contributed by atoms with E-state index in [9.17, 15) is 20.1 Å². The van der Waals surface area contributed by atoms with Gasteiger partial charge in [-0.05, 0) is 38.5 Å². The van der Waals surface area contributed by atoms with E-state index in [4.69, 9.17) is 0 Å². The van der Waals surface area contributed by atoms with Gasteiger partial charge in [0.25, 0.3) is 0 Å². The van der Waals surface area contributed by atoms with E-state index in [1.165, 1.54) is 186 Å². The van der Waals surface area contributed by atoms with Crippen molar-refractivity contribution in [2.24, 2.45) is 0 Å². The van der Waals surface area contributed by atoms with Gasteiger partial charge in [0.15, 0.2) is 0 Å². The number of hydrogen-bond donors (Lipinski definition) is 4. The Morgan fingerprint density at radius 3 is 1.14 bits per heavy atom. The number of allylic oxidation sites excluding steroid dienone is 2. The van der Waals surface area contributed by atoms with Gasteiger partial charge >= 0.3 is 0 Å². The molecule has 304 valence electrons. The van der Waals surface area contributed by atoms with Crippen molar-refractivity contribution in [3.63, 3.8) is 0 Å². The van der Waals surface area contributed by atoms with Crippen molar-refractivity contribution in [2.45, 2.75) is 270 Å². The molecule has 0 rings (SSSR count). The van der Waals surface area contributed by atoms with Crippen LogP contribution in [0.25, 0.3) is 0 Å². The third-order valence-corrected chi connectivity index (χ3v) is 10.9. The molecule has 0 aliphatic carbocycles. The SMILES string of the molecule is CCCCCCCCCCCCCC/C=C\CCCCCCCCCCCCCC(=O)NC(CO)C(O)C(O)CCCCCCCCCCCC. The molecule has 51 heavy (non-hydrogen) atoms. The summed E-state index contributed by atoms with van der Waals surface area (Å²) in [6.07, 6.45) is 49.1. The van der Waals surface area contributed by atoms with E-state index >= 15 is 0 Å². The van der Waals surface area contributed by atoms with Gasteiger partial charge in [-0.25, -0.2) is 0 Å². The fourth-order valence-corrected chi connectivity index (χ4v) is 7.28. The van der Waals surface area contributed by atoms with Gasteiger partial charge in [0, 0.05) is 6.42 Å². The Morgan fingerprint density at radius 2 is 0.784 bits per heavy atom. The number of amides is 1. The zero-order valence-corrected chi connectivity index (χ0v) is 34.5. The summed E-state index contributed by atoms with van der Waals surface area (Å²) in [5.74, 6) is -0.144. The minimum absolute atomic E-state index is 0.144. The maximum absolute atomic E-state index is 12.4. The van der Waals surface area contributed by atoms with Crippen molar-refractivity contribution in [1.82, 2.24) is 5.32 Å². The van der Waals surface area contributed by atoms with E-state index in [1.54, 1.807) is 0 Å². The molecule has 0 aliphatic rings. The third-order valence-electron chi connectivity index (χ3n) is 10.9. The smallest absolute Gasteiger partial charge is 0.220 e. The van der Waals surface area contributed by atoms with Crippen LogP contribution in [0.15, 0.2) is 12.2 Å². The lowest BCUT2D eigenvalue weighted by Gasteiger charge is -2.26. The summed E-state index contributed by atoms with van der Waals surface area (Å²) in [7, 11) is 0. The zero-order chi connectivity index (χ0) is 37.3. The molecule has 0 radical (unpaired) electrons. The van der Waals surface area contributed by atoms with Gasteiger partial charge in [-0.2, -0.15) is 0 Å². The molecule has 0 saturated heterocycles. The lowest BCUT2D eigenvalue weighted by Crippen LogP contribution is -2.50. The highest BCUT2D eigenvalue weighted by Gasteiger charge is 2.26. The summed E-state index contributed by atoms with van der Waals surface area (Å²) in [5, 5.41) is 33.4. The average molecular weight is 722 g/mol. The maximum atomic E-state index is 12.4. The molecule has 0 heterocycles. The molecule has 3 atom stereocenters. The first-order valence-electron chi connectivity index (χ1n) is 23.0. The molecule has 0 aromatic carbocycles. The first-order valence-corrected chi connectivity index (χ1v) is 23.0. The van der Waals surface area contributed by atoms with Crippen LogP contribution in [0, 0.1) is 0 Å². The largest absolute Gasteiger partial charge is 0.394 e. The van der Waals surface area contributed by atoms with Gasteiger partial charge in [0.05, 0.1) is 18.8 Å². The number of hydrogen-bond acceptors (Lipinski definition) is 4. The molecule has 4 N–H and O–H groups in total. The van der Waals surface area contributed by atoms with Crippen LogP contribution in [0.5, 0.6) is 0 Å². The molecule has 3 unspecified atom stereocenters. The Balaban J connectivity index is 3.51. The second-order valence-electron chi connectivity index (χ2n) is 16.0. The number of nitrogens with one attached hydrogen (secondary N) is 1. The summed E-state index contributed by atoms with van der Waals surface area (Å²) < 4.78 is 0. The number of carbonyl (C=O) groups is 1. The topological polar surface area (TPSA) is 89.8 Å². The minimum Gasteiger partial charge on any atom is -0.394 e. The Bertz CT molecular complexity index is 713. The monoisotopic (exact) mass is 722 g/mol. The van der Waals surface area contributed by atoms with E-state index in [-0.39, 0.29) is 12.5 Å². The molecule has 1 amide bonds. The highest BCUT2D eigenvalue weighted by atomic mass is 16.3. The van der Waals surface area contributed by atoms with Crippen molar-refractivity contribution < 1.29 is 20.1 Å². The molecule has 5 heteroatoms. The van der Waals surface area contributed by atoms with E-state index in [0.29, 0.717) is 12.8 Å². The van der Waals surface area contributed by atoms with Crippen molar-refractivity contribution in [3.8, 4) is 0 Å². The molecule has 0 spiro atoms. The molecule has 0 aliphatic heterocycles. The number of carbonyl (C=O) groups excluding carboxylic acids is 1. The van der Waals surface area contributed by atoms with Crippen LogP contribution in [0.2, 0.25) is 0 Å². The lowest BCUT2D eigenvalue weighted by atomic mass is 9.99. The number of rotatable bonds is 42. The lowest BCUT2D eigenvalue weighted by molar-refractivity contribution is -0.124. The van der Waals surface area contributed by atoms with Crippen molar-refractivity contribution in [1.29, 1.82) is 0 Å². The summed E-state index contributed by atoms with van der Waals surface area (Å²) >= 11 is 0. The summed E-state index contributed by atoms with van der Waals surface area (Å²) in [6.45, 7) is 4.17. The second-order valence-corrected chi connectivity index (χ2v) is 16.0. The first-order chi connectivity index (χ1) is 25.1. The summed E-state index contributed by atoms with van der Waals surface area (Å²) in [5.41, 5.74) is 0. The highest BCUT2D eigenvalue weighted by molar-refractivity contribution is 5.76. The predicted octanol–water partition coefficient (Wildman–Crippen LogP) is 13.2. The van der Waals surface area contributed by atoms with Crippen LogP contribution in [-0.4, -0.2) is 46.1 Å². The Morgan fingerprint density at radius 1 is 0.471 bits per heavy atom. The standard InChI is InChI=1S/C46H91NO4/c1-3-5-7-9-11-13-15-16-17-18-19-20-21-22-23-24-25-26-27-28-29-30-31-33-35-37-39-41-45(50)47-43(42-48)46(51)44(49)40-38-36-34-32-14-12-10-8-6-4-2/h22-23,43-44,46,48-49,51H,3-21,24-42H2,1-2H3,(H,47,50)/b23-22-. The first kappa shape index (κ1) is 50.1. The molecule has 0 bridgehead atoms. The summed E-state index contributed by atoms with van der Waals surface area (Å²) in [4.78, 5) is 12.4. The van der Waals surface area contributed by atoms with Gasteiger partial charge in [0.1, 0.15) is 6.10 Å². The van der Waals surface area contributed by atoms with Crippen LogP contribution in [0.3, 0.4) is 0 Å². The molecule has 0 saturated carbocycles. The minimum atomic E-state index is -1.13. The molecular formula is C46H91NO4. The number of unbranched alkanes of at least 4 members (excludes halogenated alkanes) is 32. The van der Waals surface area contributed by atoms with Crippen LogP contribution < -0.4 is 5.32 Å². The molecule has 0 aromatic heterocycles. The second kappa shape index (κ2) is 41.8. The van der Waals surface area contributed by atoms with Crippen molar-refractivity contribution >= 4 is 5.91 Å². The maximum Gasteiger partial charge on any atom is 0.220 e. The van der Waals surface area contributed by atoms with E-state index in [1.807, 2.05) is 0 Å². The molecule has 0 fully saturated rings. The van der Waals surface area contributed by atoms with Crippen LogP contribution >= 0.6 is 0 Å². The zero-order valence-electron chi connectivity index (χ0n) is 34.5. The Kier molecular flexibility index (Phi) is 41.1. The predicted molar refractivity (Wildman–Crippen MR) is 222 cm³/mol. The van der Waals surface area contributed by atoms with Crippen LogP contribution in [0.4, 0.5) is 0 Å². The van der Waals surface area contributed by atoms with Gasteiger partial charge in [-0.3, -0.25) is 4.79 Å². The molecular weight excluding hydrogens is 631 g/mol. The van der Waals surface area contributed by atoms with Gasteiger partial charge in [-0.1, -0.05) is 219 Å². The fourth-order valence-electron chi connectivity index (χ4n) is 7.28. The van der Waals surface area contributed by atoms with Crippen molar-refractivity contribution in [2.75, 3.05) is 6.61 Å². The van der Waals surface area contributed by atoms with Crippen LogP contribution in [0.1, 0.15) is 251 Å². The Hall–Kier alpha value is -0.910. The summed E-state index contributed by atoms with van der Waals surface area (Å²) in [6, 6.07) is -0.805. The number of aliphatic hydroxyl groups excluding tert-OH is 3. The fraction of sp³-hybridized carbons (Fsp3) is 0.935. The highest BCUT2D eigenvalue weighted by Crippen LogP contribution is 2.16. The van der Waals surface area contributed by atoms with Crippen molar-refractivity contribution in [3.05, 3.63) is 12.2 Å². The molecule has 0 aromatic rings. The van der Waals surface area contributed by atoms with Gasteiger partial charge in [0.2, 0.25) is 5.91 Å². The quantitative estimate of drug-likeness (QED) is 0.0373. The Labute approximate surface area is 319 Å². The van der Waals surface area contributed by atoms with E-state index in [2.05, 4.69) is 31.3 Å². The van der Waals surface area contributed by atoms with Gasteiger partial charge in [-0.15, -0.1) is 0 Å². The van der Waals surface area contributed by atoms with Crippen LogP contribution in [-0.2, 0) is 4.79 Å². The van der Waals surface area contributed by atoms with E-state index < -0.39 is 18.2 Å². The molecule has 5 nitrogen and oxygen atoms in total. The van der Waals surface area contributed by atoms with Gasteiger partial charge < -0.3 is 20.6 Å². The average Bonchev–Trinajstić information content (AvgIpc) is 3.13. The number of aliphatic hydroxyl groups is 3. The third kappa shape index (κ3) is 37.2. The normalized spacial score (nSPS) is 13.6.